The van der Waals surface area contributed by atoms with Gasteiger partial charge in [0.15, 0.2) is 6.17 Å². The molecular formula is C12H18BrN3O2. The van der Waals surface area contributed by atoms with Crippen LogP contribution in [0.2, 0.25) is 0 Å². The van der Waals surface area contributed by atoms with Gasteiger partial charge < -0.3 is 15.5 Å². The van der Waals surface area contributed by atoms with E-state index in [1.807, 2.05) is 33.8 Å². The lowest BCUT2D eigenvalue weighted by Gasteiger charge is -2.39. The van der Waals surface area contributed by atoms with Crippen LogP contribution in [0.3, 0.4) is 0 Å². The topological polar surface area (TPSA) is 63.9 Å². The fraction of sp³-hybridized carbons (Fsp3) is 0.583. The van der Waals surface area contributed by atoms with Crippen molar-refractivity contribution < 1.29 is 10.3 Å². The van der Waals surface area contributed by atoms with E-state index in [4.69, 9.17) is 0 Å². The molecule has 2 atom stereocenters. The molecule has 1 aromatic heterocycles. The Morgan fingerprint density at radius 3 is 2.44 bits per heavy atom. The zero-order chi connectivity index (χ0) is 13.7. The molecule has 1 aliphatic heterocycles. The molecule has 0 saturated carbocycles. The minimum absolute atomic E-state index is 0.00917. The summed E-state index contributed by atoms with van der Waals surface area (Å²) in [7, 11) is 0. The van der Waals surface area contributed by atoms with Crippen LogP contribution in [0.4, 0.5) is 0 Å². The van der Waals surface area contributed by atoms with Crippen molar-refractivity contribution in [1.29, 1.82) is 0 Å². The number of aromatic nitrogens is 1. The third kappa shape index (κ3) is 1.80. The lowest BCUT2D eigenvalue weighted by molar-refractivity contribution is -0.925. The van der Waals surface area contributed by atoms with E-state index in [0.29, 0.717) is 5.56 Å². The van der Waals surface area contributed by atoms with Crippen LogP contribution < -0.4 is 5.06 Å². The summed E-state index contributed by atoms with van der Waals surface area (Å²) in [4.78, 5) is 4.06. The fourth-order valence-corrected chi connectivity index (χ4v) is 2.62. The molecule has 18 heavy (non-hydrogen) atoms. The monoisotopic (exact) mass is 315 g/mol. The standard InChI is InChI=1S/C12H18BrN3O2/c1-11(2)12(3,4)16(18)10(15(11)17)8-5-9(13)7-14-6-8/h5-7,10,15,18H,1-4H3. The number of nitrogens with one attached hydrogen (secondary N) is 1. The first kappa shape index (κ1) is 13.9. The molecule has 6 heteroatoms. The van der Waals surface area contributed by atoms with Gasteiger partial charge in [-0.3, -0.25) is 4.98 Å². The van der Waals surface area contributed by atoms with E-state index in [1.165, 1.54) is 0 Å². The predicted molar refractivity (Wildman–Crippen MR) is 70.8 cm³/mol. The Balaban J connectivity index is 2.47. The Morgan fingerprint density at radius 1 is 1.39 bits per heavy atom. The average molecular weight is 316 g/mol. The highest BCUT2D eigenvalue weighted by atomic mass is 79.9. The van der Waals surface area contributed by atoms with Crippen molar-refractivity contribution >= 4 is 15.9 Å². The first-order valence-electron chi connectivity index (χ1n) is 5.82. The second-order valence-corrected chi connectivity index (χ2v) is 6.65. The molecule has 0 aromatic carbocycles. The molecule has 0 spiro atoms. The SMILES string of the molecule is CC1(C)N(O)C(c2cncc(Br)c2)[NH+]([O-])C1(C)C. The molecular weight excluding hydrogens is 298 g/mol. The maximum Gasteiger partial charge on any atom is 0.194 e. The molecule has 1 fully saturated rings. The van der Waals surface area contributed by atoms with Crippen LogP contribution in [-0.4, -0.2) is 26.3 Å². The summed E-state index contributed by atoms with van der Waals surface area (Å²) < 4.78 is 0.795. The smallest absolute Gasteiger partial charge is 0.194 e. The number of hydrogen-bond donors (Lipinski definition) is 2. The molecule has 0 aliphatic carbocycles. The van der Waals surface area contributed by atoms with Crippen molar-refractivity contribution in [2.24, 2.45) is 0 Å². The molecule has 1 saturated heterocycles. The van der Waals surface area contributed by atoms with E-state index in [9.17, 15) is 10.4 Å². The van der Waals surface area contributed by atoms with Crippen LogP contribution in [-0.2, 0) is 0 Å². The van der Waals surface area contributed by atoms with Gasteiger partial charge in [-0.1, -0.05) is 0 Å². The lowest BCUT2D eigenvalue weighted by Crippen LogP contribution is -3.14. The minimum Gasteiger partial charge on any atom is -0.632 e. The predicted octanol–water partition coefficient (Wildman–Crippen LogP) is 1.49. The summed E-state index contributed by atoms with van der Waals surface area (Å²) in [6.45, 7) is 7.47. The van der Waals surface area contributed by atoms with Crippen molar-refractivity contribution in [2.75, 3.05) is 0 Å². The second kappa shape index (κ2) is 4.25. The van der Waals surface area contributed by atoms with Gasteiger partial charge in [-0.05, 0) is 49.7 Å². The van der Waals surface area contributed by atoms with Crippen LogP contribution in [0.5, 0.6) is 0 Å². The number of hydrogen-bond acceptors (Lipinski definition) is 4. The van der Waals surface area contributed by atoms with Gasteiger partial charge in [0, 0.05) is 22.4 Å². The summed E-state index contributed by atoms with van der Waals surface area (Å²) in [6, 6.07) is 1.82. The average Bonchev–Trinajstić information content (AvgIpc) is 2.38. The van der Waals surface area contributed by atoms with Crippen molar-refractivity contribution in [3.05, 3.63) is 33.7 Å². The first-order chi connectivity index (χ1) is 8.19. The molecule has 0 radical (unpaired) electrons. The van der Waals surface area contributed by atoms with E-state index < -0.39 is 17.2 Å². The molecule has 2 rings (SSSR count). The molecule has 1 aliphatic rings. The van der Waals surface area contributed by atoms with Gasteiger partial charge in [-0.25, -0.2) is 0 Å². The summed E-state index contributed by atoms with van der Waals surface area (Å²) >= 11 is 3.33. The third-order valence-electron chi connectivity index (χ3n) is 4.25. The Hall–Kier alpha value is -0.530. The van der Waals surface area contributed by atoms with E-state index >= 15 is 0 Å². The van der Waals surface area contributed by atoms with Crippen LogP contribution in [0.1, 0.15) is 39.4 Å². The number of hydroxylamine groups is 4. The van der Waals surface area contributed by atoms with Crippen LogP contribution >= 0.6 is 15.9 Å². The molecule has 2 unspecified atom stereocenters. The van der Waals surface area contributed by atoms with Crippen LogP contribution in [0.25, 0.3) is 0 Å². The molecule has 1 aromatic rings. The van der Waals surface area contributed by atoms with Crippen molar-refractivity contribution in [2.45, 2.75) is 44.9 Å². The highest BCUT2D eigenvalue weighted by molar-refractivity contribution is 9.10. The number of pyridine rings is 1. The Morgan fingerprint density at radius 2 is 2.00 bits per heavy atom. The van der Waals surface area contributed by atoms with Gasteiger partial charge in [-0.15, -0.1) is 5.06 Å². The Labute approximate surface area is 115 Å². The van der Waals surface area contributed by atoms with Crippen molar-refractivity contribution in [1.82, 2.24) is 10.0 Å². The number of nitrogens with zero attached hydrogens (tertiary/aromatic N) is 2. The van der Waals surface area contributed by atoms with Gasteiger partial charge in [0.2, 0.25) is 0 Å². The lowest BCUT2D eigenvalue weighted by atomic mass is 9.84. The summed E-state index contributed by atoms with van der Waals surface area (Å²) in [6.07, 6.45) is 2.62. The largest absolute Gasteiger partial charge is 0.632 e. The normalized spacial score (nSPS) is 30.6. The minimum atomic E-state index is -0.653. The fourth-order valence-electron chi connectivity index (χ4n) is 2.23. The van der Waals surface area contributed by atoms with E-state index in [2.05, 4.69) is 20.9 Å². The van der Waals surface area contributed by atoms with Gasteiger partial charge in [0.05, 0.1) is 0 Å². The van der Waals surface area contributed by atoms with Gasteiger partial charge in [0.25, 0.3) is 0 Å². The number of halogens is 1. The maximum atomic E-state index is 12.5. The summed E-state index contributed by atoms with van der Waals surface area (Å²) in [5.41, 5.74) is -0.526. The number of rotatable bonds is 1. The molecule has 2 N–H and O–H groups in total. The first-order valence-corrected chi connectivity index (χ1v) is 6.62. The van der Waals surface area contributed by atoms with E-state index in [1.54, 1.807) is 12.4 Å². The van der Waals surface area contributed by atoms with E-state index in [-0.39, 0.29) is 5.06 Å². The quantitative estimate of drug-likeness (QED) is 0.771. The van der Waals surface area contributed by atoms with Crippen molar-refractivity contribution in [3.8, 4) is 0 Å². The van der Waals surface area contributed by atoms with Crippen LogP contribution in [0, 0.1) is 5.21 Å². The molecule has 2 heterocycles. The molecule has 0 bridgehead atoms. The van der Waals surface area contributed by atoms with Gasteiger partial charge in [-0.2, -0.15) is 0 Å². The highest BCUT2D eigenvalue weighted by Crippen LogP contribution is 2.36. The maximum absolute atomic E-state index is 12.5. The van der Waals surface area contributed by atoms with Gasteiger partial charge in [0.1, 0.15) is 11.1 Å². The molecule has 0 amide bonds. The Bertz CT molecular complexity index is 444. The molecule has 100 valence electrons. The third-order valence-corrected chi connectivity index (χ3v) is 4.69. The summed E-state index contributed by atoms with van der Waals surface area (Å²) in [5.74, 6) is 0. The zero-order valence-electron chi connectivity index (χ0n) is 10.9. The summed E-state index contributed by atoms with van der Waals surface area (Å²) in [5, 5.41) is 24.0. The van der Waals surface area contributed by atoms with E-state index in [0.717, 1.165) is 9.54 Å². The van der Waals surface area contributed by atoms with Crippen molar-refractivity contribution in [3.63, 3.8) is 0 Å². The van der Waals surface area contributed by atoms with Gasteiger partial charge >= 0.3 is 0 Å². The second-order valence-electron chi connectivity index (χ2n) is 5.73. The highest BCUT2D eigenvalue weighted by Gasteiger charge is 2.59. The number of quaternary nitrogens is 1. The zero-order valence-corrected chi connectivity index (χ0v) is 12.5. The Kier molecular flexibility index (Phi) is 3.28. The molecule has 5 nitrogen and oxygen atoms in total. The van der Waals surface area contributed by atoms with Crippen LogP contribution in [0.15, 0.2) is 22.9 Å².